The van der Waals surface area contributed by atoms with Crippen molar-refractivity contribution in [2.45, 2.75) is 6.42 Å². The van der Waals surface area contributed by atoms with E-state index < -0.39 is 0 Å². The summed E-state index contributed by atoms with van der Waals surface area (Å²) in [6, 6.07) is 17.6. The van der Waals surface area contributed by atoms with Gasteiger partial charge in [-0.1, -0.05) is 30.3 Å². The Morgan fingerprint density at radius 1 is 0.947 bits per heavy atom. The van der Waals surface area contributed by atoms with Gasteiger partial charge in [0.05, 0.1) is 23.3 Å². The second kappa shape index (κ2) is 5.62. The van der Waals surface area contributed by atoms with Gasteiger partial charge in [-0.15, -0.1) is 0 Å². The van der Waals surface area contributed by atoms with Gasteiger partial charge in [0.1, 0.15) is 0 Å². The zero-order chi connectivity index (χ0) is 13.7. The average Bonchev–Trinajstić information content (AvgIpc) is 2.48. The lowest BCUT2D eigenvalue weighted by atomic mass is 9.99. The number of hydrogen-bond acceptors (Lipinski definition) is 3. The molecule has 0 radical (unpaired) electrons. The molecule has 2 aromatic carbocycles. The molecule has 0 amide bonds. The van der Waals surface area contributed by atoms with E-state index in [4.69, 9.17) is 10.5 Å². The fourth-order valence-corrected chi connectivity index (χ4v) is 1.79. The Balaban J connectivity index is 2.21. The molecule has 0 aliphatic heterocycles. The van der Waals surface area contributed by atoms with Gasteiger partial charge in [-0.25, -0.2) is 0 Å². The molecule has 19 heavy (non-hydrogen) atoms. The van der Waals surface area contributed by atoms with Crippen molar-refractivity contribution in [3.8, 4) is 12.1 Å². The quantitative estimate of drug-likeness (QED) is 0.782. The fraction of sp³-hybridized carbons (Fsp3) is 0.0625. The highest BCUT2D eigenvalue weighted by atomic mass is 16.1. The van der Waals surface area contributed by atoms with Crippen LogP contribution >= 0.6 is 0 Å². The first kappa shape index (κ1) is 12.5. The molecule has 0 unspecified atom stereocenters. The standard InChI is InChI=1S/C16H10N2O/c17-10-12-5-7-13(8-6-12)16(19)9-14-3-1-2-4-15(14)11-18/h1-8H,9H2. The summed E-state index contributed by atoms with van der Waals surface area (Å²) in [7, 11) is 0. The lowest BCUT2D eigenvalue weighted by Gasteiger charge is -2.03. The van der Waals surface area contributed by atoms with E-state index in [2.05, 4.69) is 6.07 Å². The van der Waals surface area contributed by atoms with Crippen molar-refractivity contribution in [3.63, 3.8) is 0 Å². The Hall–Kier alpha value is -2.91. The number of nitriles is 2. The topological polar surface area (TPSA) is 64.7 Å². The Morgan fingerprint density at radius 2 is 1.63 bits per heavy atom. The molecule has 0 fully saturated rings. The summed E-state index contributed by atoms with van der Waals surface area (Å²) < 4.78 is 0. The van der Waals surface area contributed by atoms with Gasteiger partial charge < -0.3 is 0 Å². The first-order chi connectivity index (χ1) is 9.24. The van der Waals surface area contributed by atoms with Crippen LogP contribution in [-0.4, -0.2) is 5.78 Å². The number of Topliss-reactive ketones (excluding diaryl/α,β-unsaturated/α-hetero) is 1. The summed E-state index contributed by atoms with van der Waals surface area (Å²) in [6.07, 6.45) is 0.190. The van der Waals surface area contributed by atoms with Gasteiger partial charge in [0, 0.05) is 12.0 Å². The van der Waals surface area contributed by atoms with E-state index in [9.17, 15) is 4.79 Å². The zero-order valence-electron chi connectivity index (χ0n) is 10.1. The summed E-state index contributed by atoms with van der Waals surface area (Å²) in [6.45, 7) is 0. The summed E-state index contributed by atoms with van der Waals surface area (Å²) in [5, 5.41) is 17.7. The molecule has 0 saturated carbocycles. The lowest BCUT2D eigenvalue weighted by molar-refractivity contribution is 0.0993. The van der Waals surface area contributed by atoms with Crippen molar-refractivity contribution in [2.24, 2.45) is 0 Å². The summed E-state index contributed by atoms with van der Waals surface area (Å²) >= 11 is 0. The molecule has 0 aliphatic rings. The molecule has 0 aromatic heterocycles. The van der Waals surface area contributed by atoms with Crippen LogP contribution in [0.15, 0.2) is 48.5 Å². The molecule has 90 valence electrons. The largest absolute Gasteiger partial charge is 0.294 e. The van der Waals surface area contributed by atoms with Crippen LogP contribution in [0.3, 0.4) is 0 Å². The summed E-state index contributed by atoms with van der Waals surface area (Å²) in [5.41, 5.74) is 2.31. The van der Waals surface area contributed by atoms with Crippen LogP contribution in [0, 0.1) is 22.7 Å². The number of rotatable bonds is 3. The monoisotopic (exact) mass is 246 g/mol. The maximum Gasteiger partial charge on any atom is 0.167 e. The maximum atomic E-state index is 12.1. The second-order valence-corrected chi connectivity index (χ2v) is 4.06. The minimum absolute atomic E-state index is 0.0628. The second-order valence-electron chi connectivity index (χ2n) is 4.06. The number of ketones is 1. The minimum Gasteiger partial charge on any atom is -0.294 e. The van der Waals surface area contributed by atoms with Crippen LogP contribution in [0.5, 0.6) is 0 Å². The maximum absolute atomic E-state index is 12.1. The molecular weight excluding hydrogens is 236 g/mol. The Morgan fingerprint density at radius 3 is 2.26 bits per heavy atom. The van der Waals surface area contributed by atoms with E-state index in [0.717, 1.165) is 5.56 Å². The van der Waals surface area contributed by atoms with E-state index in [1.165, 1.54) is 0 Å². The lowest BCUT2D eigenvalue weighted by Crippen LogP contribution is -2.05. The zero-order valence-corrected chi connectivity index (χ0v) is 10.1. The van der Waals surface area contributed by atoms with Crippen LogP contribution < -0.4 is 0 Å². The Labute approximate surface area is 111 Å². The highest BCUT2D eigenvalue weighted by Crippen LogP contribution is 2.12. The Bertz CT molecular complexity index is 688. The molecule has 0 heterocycles. The number of benzene rings is 2. The van der Waals surface area contributed by atoms with Crippen molar-refractivity contribution in [1.82, 2.24) is 0 Å². The third kappa shape index (κ3) is 2.86. The van der Waals surface area contributed by atoms with E-state index in [0.29, 0.717) is 16.7 Å². The molecule has 0 saturated heterocycles. The van der Waals surface area contributed by atoms with Gasteiger partial charge in [-0.2, -0.15) is 10.5 Å². The number of carbonyl (C=O) groups excluding carboxylic acids is 1. The van der Waals surface area contributed by atoms with Crippen molar-refractivity contribution in [2.75, 3.05) is 0 Å². The van der Waals surface area contributed by atoms with Gasteiger partial charge in [0.15, 0.2) is 5.78 Å². The van der Waals surface area contributed by atoms with Crippen LogP contribution in [0.2, 0.25) is 0 Å². The van der Waals surface area contributed by atoms with Gasteiger partial charge >= 0.3 is 0 Å². The molecular formula is C16H10N2O. The van der Waals surface area contributed by atoms with Crippen molar-refractivity contribution in [1.29, 1.82) is 10.5 Å². The number of nitrogens with zero attached hydrogens (tertiary/aromatic N) is 2. The highest BCUT2D eigenvalue weighted by Gasteiger charge is 2.09. The van der Waals surface area contributed by atoms with E-state index in [1.54, 1.807) is 42.5 Å². The van der Waals surface area contributed by atoms with Crippen LogP contribution in [0.25, 0.3) is 0 Å². The number of carbonyl (C=O) groups is 1. The molecule has 0 aliphatic carbocycles. The van der Waals surface area contributed by atoms with Crippen LogP contribution in [-0.2, 0) is 6.42 Å². The van der Waals surface area contributed by atoms with E-state index in [-0.39, 0.29) is 12.2 Å². The molecule has 2 rings (SSSR count). The predicted molar refractivity (Wildman–Crippen MR) is 70.3 cm³/mol. The third-order valence-corrected chi connectivity index (χ3v) is 2.82. The molecule has 2 aromatic rings. The SMILES string of the molecule is N#Cc1ccc(C(=O)Cc2ccccc2C#N)cc1. The van der Waals surface area contributed by atoms with Gasteiger partial charge in [-0.05, 0) is 23.8 Å². The Kier molecular flexibility index (Phi) is 3.71. The smallest absolute Gasteiger partial charge is 0.167 e. The molecule has 3 heteroatoms. The van der Waals surface area contributed by atoms with Gasteiger partial charge in [0.2, 0.25) is 0 Å². The van der Waals surface area contributed by atoms with Crippen molar-refractivity contribution >= 4 is 5.78 Å². The third-order valence-electron chi connectivity index (χ3n) is 2.82. The minimum atomic E-state index is -0.0628. The molecule has 0 atom stereocenters. The molecule has 3 nitrogen and oxygen atoms in total. The van der Waals surface area contributed by atoms with Crippen LogP contribution in [0.4, 0.5) is 0 Å². The van der Waals surface area contributed by atoms with E-state index in [1.807, 2.05) is 12.1 Å². The van der Waals surface area contributed by atoms with Crippen LogP contribution in [0.1, 0.15) is 27.0 Å². The highest BCUT2D eigenvalue weighted by molar-refractivity contribution is 5.97. The molecule has 0 bridgehead atoms. The summed E-state index contributed by atoms with van der Waals surface area (Å²) in [5.74, 6) is -0.0628. The van der Waals surface area contributed by atoms with E-state index >= 15 is 0 Å². The molecule has 0 spiro atoms. The summed E-state index contributed by atoms with van der Waals surface area (Å²) in [4.78, 5) is 12.1. The normalized spacial score (nSPS) is 9.37. The van der Waals surface area contributed by atoms with Crippen molar-refractivity contribution in [3.05, 3.63) is 70.8 Å². The fourth-order valence-electron chi connectivity index (χ4n) is 1.79. The number of hydrogen-bond donors (Lipinski definition) is 0. The molecule has 0 N–H and O–H groups in total. The van der Waals surface area contributed by atoms with Gasteiger partial charge in [-0.3, -0.25) is 4.79 Å². The first-order valence-corrected chi connectivity index (χ1v) is 5.76. The van der Waals surface area contributed by atoms with Crippen molar-refractivity contribution < 1.29 is 4.79 Å². The first-order valence-electron chi connectivity index (χ1n) is 5.76. The predicted octanol–water partition coefficient (Wildman–Crippen LogP) is 2.86. The average molecular weight is 246 g/mol. The van der Waals surface area contributed by atoms with Gasteiger partial charge in [0.25, 0.3) is 0 Å².